The van der Waals surface area contributed by atoms with E-state index in [0.29, 0.717) is 13.0 Å². The van der Waals surface area contributed by atoms with Crippen LogP contribution in [0.1, 0.15) is 44.8 Å². The maximum Gasteiger partial charge on any atom is 0.217 e. The lowest BCUT2D eigenvalue weighted by molar-refractivity contribution is 0.384. The second-order valence-electron chi connectivity index (χ2n) is 4.54. The Morgan fingerprint density at radius 3 is 3.00 bits per heavy atom. The minimum atomic E-state index is -3.18. The summed E-state index contributed by atoms with van der Waals surface area (Å²) >= 11 is 0. The fourth-order valence-corrected chi connectivity index (χ4v) is 4.09. The fraction of sp³-hybridized carbons (Fsp3) is 0.727. The number of aromatic nitrogens is 2. The average Bonchev–Trinajstić information content (AvgIpc) is 2.96. The van der Waals surface area contributed by atoms with Gasteiger partial charge in [-0.2, -0.15) is 9.40 Å². The normalized spacial score (nSPS) is 24.0. The standard InChI is InChI=1S/C11H19N3O2S/c1-3-9(2)17(15,16)14-8-4-5-11(14)10-6-7-12-13-10/h6-7,9,11H,3-5,8H2,1-2H3,(H,12,13)/t9-,11-/m1/s1. The number of sulfonamides is 1. The number of nitrogens with zero attached hydrogens (tertiary/aromatic N) is 2. The van der Waals surface area contributed by atoms with Crippen LogP contribution in [0, 0.1) is 0 Å². The molecule has 2 heterocycles. The minimum Gasteiger partial charge on any atom is -0.281 e. The number of rotatable bonds is 4. The van der Waals surface area contributed by atoms with Crippen molar-refractivity contribution < 1.29 is 8.42 Å². The van der Waals surface area contributed by atoms with E-state index in [2.05, 4.69) is 10.2 Å². The Bertz CT molecular complexity index is 455. The van der Waals surface area contributed by atoms with Crippen LogP contribution in [0.4, 0.5) is 0 Å². The van der Waals surface area contributed by atoms with E-state index in [1.807, 2.05) is 13.0 Å². The Labute approximate surface area is 102 Å². The number of hydrogen-bond acceptors (Lipinski definition) is 3. The molecule has 1 aliphatic rings. The Hall–Kier alpha value is -0.880. The highest BCUT2D eigenvalue weighted by Gasteiger charge is 2.38. The van der Waals surface area contributed by atoms with E-state index in [1.165, 1.54) is 0 Å². The van der Waals surface area contributed by atoms with Crippen molar-refractivity contribution in [3.05, 3.63) is 18.0 Å². The Morgan fingerprint density at radius 1 is 1.65 bits per heavy atom. The molecule has 96 valence electrons. The summed E-state index contributed by atoms with van der Waals surface area (Å²) in [6.45, 7) is 4.30. The van der Waals surface area contributed by atoms with Gasteiger partial charge < -0.3 is 0 Å². The zero-order chi connectivity index (χ0) is 12.5. The summed E-state index contributed by atoms with van der Waals surface area (Å²) in [7, 11) is -3.18. The molecule has 1 saturated heterocycles. The predicted octanol–water partition coefficient (Wildman–Crippen LogP) is 1.67. The summed E-state index contributed by atoms with van der Waals surface area (Å²) in [6, 6.07) is 1.80. The van der Waals surface area contributed by atoms with Crippen molar-refractivity contribution in [2.75, 3.05) is 6.54 Å². The first-order valence-corrected chi connectivity index (χ1v) is 7.57. The van der Waals surface area contributed by atoms with Crippen LogP contribution in [0.25, 0.3) is 0 Å². The number of hydrogen-bond donors (Lipinski definition) is 1. The second-order valence-corrected chi connectivity index (χ2v) is 6.85. The zero-order valence-corrected chi connectivity index (χ0v) is 11.1. The molecule has 2 rings (SSSR count). The SMILES string of the molecule is CC[C@@H](C)S(=O)(=O)N1CCC[C@@H]1c1ccn[nH]1. The highest BCUT2D eigenvalue weighted by atomic mass is 32.2. The third kappa shape index (κ3) is 2.24. The monoisotopic (exact) mass is 257 g/mol. The molecule has 0 bridgehead atoms. The van der Waals surface area contributed by atoms with Crippen LogP contribution in [0.5, 0.6) is 0 Å². The fourth-order valence-electron chi connectivity index (χ4n) is 2.25. The maximum absolute atomic E-state index is 12.4. The summed E-state index contributed by atoms with van der Waals surface area (Å²) in [5.74, 6) is 0. The highest BCUT2D eigenvalue weighted by molar-refractivity contribution is 7.89. The molecule has 0 spiro atoms. The van der Waals surface area contributed by atoms with Crippen LogP contribution in [-0.2, 0) is 10.0 Å². The van der Waals surface area contributed by atoms with E-state index in [9.17, 15) is 8.42 Å². The molecule has 1 aliphatic heterocycles. The van der Waals surface area contributed by atoms with Crippen LogP contribution in [0.15, 0.2) is 12.3 Å². The van der Waals surface area contributed by atoms with Crippen molar-refractivity contribution in [2.24, 2.45) is 0 Å². The smallest absolute Gasteiger partial charge is 0.217 e. The first-order chi connectivity index (χ1) is 8.07. The number of aromatic amines is 1. The molecule has 5 nitrogen and oxygen atoms in total. The molecule has 0 aliphatic carbocycles. The van der Waals surface area contributed by atoms with Gasteiger partial charge in [-0.15, -0.1) is 0 Å². The lowest BCUT2D eigenvalue weighted by atomic mass is 10.2. The summed E-state index contributed by atoms with van der Waals surface area (Å²) in [6.07, 6.45) is 4.10. The van der Waals surface area contributed by atoms with Crippen molar-refractivity contribution in [2.45, 2.75) is 44.4 Å². The van der Waals surface area contributed by atoms with E-state index in [4.69, 9.17) is 0 Å². The number of H-pyrrole nitrogens is 1. The Balaban J connectivity index is 2.26. The average molecular weight is 257 g/mol. The van der Waals surface area contributed by atoms with Crippen LogP contribution < -0.4 is 0 Å². The Morgan fingerprint density at radius 2 is 2.41 bits per heavy atom. The van der Waals surface area contributed by atoms with Crippen molar-refractivity contribution in [1.82, 2.24) is 14.5 Å². The predicted molar refractivity (Wildman–Crippen MR) is 65.9 cm³/mol. The third-order valence-electron chi connectivity index (χ3n) is 3.50. The molecule has 17 heavy (non-hydrogen) atoms. The van der Waals surface area contributed by atoms with Crippen LogP contribution in [-0.4, -0.2) is 34.7 Å². The molecule has 6 heteroatoms. The van der Waals surface area contributed by atoms with Gasteiger partial charge in [-0.1, -0.05) is 6.92 Å². The van der Waals surface area contributed by atoms with Crippen molar-refractivity contribution in [3.8, 4) is 0 Å². The van der Waals surface area contributed by atoms with Gasteiger partial charge in [-0.05, 0) is 32.3 Å². The molecular formula is C11H19N3O2S. The second kappa shape index (κ2) is 4.78. The molecule has 1 N–H and O–H groups in total. The van der Waals surface area contributed by atoms with Gasteiger partial charge in [0.15, 0.2) is 0 Å². The molecule has 0 unspecified atom stereocenters. The van der Waals surface area contributed by atoms with Gasteiger partial charge in [0, 0.05) is 12.7 Å². The molecule has 0 aromatic carbocycles. The molecule has 1 aromatic heterocycles. The lowest BCUT2D eigenvalue weighted by Crippen LogP contribution is -2.37. The molecule has 0 amide bonds. The van der Waals surface area contributed by atoms with E-state index >= 15 is 0 Å². The number of nitrogens with one attached hydrogen (secondary N) is 1. The molecule has 1 aromatic rings. The van der Waals surface area contributed by atoms with Crippen molar-refractivity contribution in [3.63, 3.8) is 0 Å². The molecule has 1 fully saturated rings. The molecular weight excluding hydrogens is 238 g/mol. The lowest BCUT2D eigenvalue weighted by Gasteiger charge is -2.26. The van der Waals surface area contributed by atoms with Gasteiger partial charge in [-0.3, -0.25) is 5.10 Å². The van der Waals surface area contributed by atoms with Crippen LogP contribution in [0.3, 0.4) is 0 Å². The van der Waals surface area contributed by atoms with E-state index in [0.717, 1.165) is 18.5 Å². The Kier molecular flexibility index (Phi) is 3.53. The van der Waals surface area contributed by atoms with Crippen LogP contribution >= 0.6 is 0 Å². The zero-order valence-electron chi connectivity index (χ0n) is 10.3. The highest BCUT2D eigenvalue weighted by Crippen LogP contribution is 2.34. The van der Waals surface area contributed by atoms with Gasteiger partial charge in [0.25, 0.3) is 0 Å². The van der Waals surface area contributed by atoms with Gasteiger partial charge in [-0.25, -0.2) is 8.42 Å². The summed E-state index contributed by atoms with van der Waals surface area (Å²) in [5.41, 5.74) is 0.898. The molecule has 0 saturated carbocycles. The minimum absolute atomic E-state index is 0.0588. The van der Waals surface area contributed by atoms with Crippen molar-refractivity contribution in [1.29, 1.82) is 0 Å². The third-order valence-corrected chi connectivity index (χ3v) is 5.94. The van der Waals surface area contributed by atoms with E-state index in [-0.39, 0.29) is 11.3 Å². The maximum atomic E-state index is 12.4. The summed E-state index contributed by atoms with van der Waals surface area (Å²) in [4.78, 5) is 0. The summed E-state index contributed by atoms with van der Waals surface area (Å²) < 4.78 is 26.4. The first kappa shape index (κ1) is 12.6. The van der Waals surface area contributed by atoms with Gasteiger partial charge >= 0.3 is 0 Å². The van der Waals surface area contributed by atoms with Crippen molar-refractivity contribution >= 4 is 10.0 Å². The molecule has 2 atom stereocenters. The topological polar surface area (TPSA) is 66.1 Å². The quantitative estimate of drug-likeness (QED) is 0.892. The molecule has 0 radical (unpaired) electrons. The van der Waals surface area contributed by atoms with E-state index < -0.39 is 10.0 Å². The summed E-state index contributed by atoms with van der Waals surface area (Å²) in [5, 5.41) is 6.47. The van der Waals surface area contributed by atoms with Gasteiger partial charge in [0.2, 0.25) is 10.0 Å². The van der Waals surface area contributed by atoms with E-state index in [1.54, 1.807) is 17.4 Å². The van der Waals surface area contributed by atoms with Gasteiger partial charge in [0.05, 0.1) is 17.0 Å². The first-order valence-electron chi connectivity index (χ1n) is 6.07. The largest absolute Gasteiger partial charge is 0.281 e. The van der Waals surface area contributed by atoms with Gasteiger partial charge in [0.1, 0.15) is 0 Å². The van der Waals surface area contributed by atoms with Crippen LogP contribution in [0.2, 0.25) is 0 Å².